The number of hydrogen-bond donors (Lipinski definition) is 3. The Morgan fingerprint density at radius 3 is 2.62 bits per heavy atom. The third-order valence-corrected chi connectivity index (χ3v) is 4.06. The number of phenolic OH excluding ortho intramolecular Hbond substituents is 2. The Morgan fingerprint density at radius 1 is 1.33 bits per heavy atom. The zero-order chi connectivity index (χ0) is 17.6. The number of hydrogen-bond acceptors (Lipinski definition) is 6. The molecule has 2 aromatic rings. The summed E-state index contributed by atoms with van der Waals surface area (Å²) < 4.78 is 1.58. The van der Waals surface area contributed by atoms with Crippen molar-refractivity contribution >= 4 is 11.7 Å². The van der Waals surface area contributed by atoms with Gasteiger partial charge in [0.2, 0.25) is 0 Å². The summed E-state index contributed by atoms with van der Waals surface area (Å²) in [6.45, 7) is 3.75. The maximum Gasteiger partial charge on any atom is 0.301 e. The minimum atomic E-state index is -1.55. The van der Waals surface area contributed by atoms with E-state index in [9.17, 15) is 25.1 Å². The van der Waals surface area contributed by atoms with Crippen molar-refractivity contribution in [1.82, 2.24) is 9.78 Å². The fourth-order valence-corrected chi connectivity index (χ4v) is 2.95. The SMILES string of the molecule is CC(C)n1ncc2c1NC(=O)C([N+](=O)[O-])C2c1ccc(O)c(O)c1. The molecular formula is C15H16N4O5. The first kappa shape index (κ1) is 15.8. The smallest absolute Gasteiger partial charge is 0.301 e. The summed E-state index contributed by atoms with van der Waals surface area (Å²) in [6, 6.07) is 2.32. The molecule has 1 aliphatic rings. The summed E-state index contributed by atoms with van der Waals surface area (Å²) in [5.74, 6) is -1.99. The minimum absolute atomic E-state index is 0.0462. The van der Waals surface area contributed by atoms with E-state index >= 15 is 0 Å². The van der Waals surface area contributed by atoms with Gasteiger partial charge < -0.3 is 15.5 Å². The molecule has 1 amide bonds. The van der Waals surface area contributed by atoms with E-state index in [0.717, 1.165) is 0 Å². The van der Waals surface area contributed by atoms with Crippen LogP contribution in [0.1, 0.15) is 36.9 Å². The second kappa shape index (κ2) is 5.52. The lowest BCUT2D eigenvalue weighted by Crippen LogP contribution is -2.44. The van der Waals surface area contributed by atoms with Gasteiger partial charge in [0.15, 0.2) is 11.5 Å². The second-order valence-electron chi connectivity index (χ2n) is 5.93. The summed E-state index contributed by atoms with van der Waals surface area (Å²) in [6.07, 6.45) is 1.49. The molecule has 24 heavy (non-hydrogen) atoms. The summed E-state index contributed by atoms with van der Waals surface area (Å²) in [4.78, 5) is 23.1. The first-order valence-corrected chi connectivity index (χ1v) is 7.35. The molecule has 2 heterocycles. The van der Waals surface area contributed by atoms with E-state index in [1.165, 1.54) is 24.4 Å². The number of carbonyl (C=O) groups excluding carboxylic acids is 1. The van der Waals surface area contributed by atoms with Crippen LogP contribution in [0.3, 0.4) is 0 Å². The highest BCUT2D eigenvalue weighted by atomic mass is 16.6. The largest absolute Gasteiger partial charge is 0.504 e. The highest BCUT2D eigenvalue weighted by Crippen LogP contribution is 2.41. The van der Waals surface area contributed by atoms with Crippen molar-refractivity contribution in [2.75, 3.05) is 5.32 Å². The van der Waals surface area contributed by atoms with Crippen LogP contribution in [0.25, 0.3) is 0 Å². The van der Waals surface area contributed by atoms with Crippen LogP contribution in [0.4, 0.5) is 5.82 Å². The number of carbonyl (C=O) groups is 1. The molecule has 1 aliphatic heterocycles. The number of nitrogens with zero attached hydrogens (tertiary/aromatic N) is 3. The van der Waals surface area contributed by atoms with Gasteiger partial charge in [0, 0.05) is 16.5 Å². The first-order chi connectivity index (χ1) is 11.3. The summed E-state index contributed by atoms with van der Waals surface area (Å²) in [5, 5.41) is 37.4. The Hall–Kier alpha value is -3.10. The van der Waals surface area contributed by atoms with Crippen LogP contribution in [-0.4, -0.2) is 36.9 Å². The molecule has 9 heteroatoms. The molecule has 0 saturated carbocycles. The molecule has 0 bridgehead atoms. The molecule has 1 aromatic heterocycles. The van der Waals surface area contributed by atoms with Crippen LogP contribution < -0.4 is 5.32 Å². The van der Waals surface area contributed by atoms with Gasteiger partial charge in [0.05, 0.1) is 12.1 Å². The topological polar surface area (TPSA) is 131 Å². The van der Waals surface area contributed by atoms with Gasteiger partial charge in [0.1, 0.15) is 5.82 Å². The average molecular weight is 332 g/mol. The molecule has 2 unspecified atom stereocenters. The Morgan fingerprint density at radius 2 is 2.04 bits per heavy atom. The van der Waals surface area contributed by atoms with E-state index in [2.05, 4.69) is 10.4 Å². The number of aromatic nitrogens is 2. The lowest BCUT2D eigenvalue weighted by molar-refractivity contribution is -0.509. The quantitative estimate of drug-likeness (QED) is 0.444. The molecule has 1 aromatic carbocycles. The van der Waals surface area contributed by atoms with Crippen LogP contribution in [0.2, 0.25) is 0 Å². The number of rotatable bonds is 3. The van der Waals surface area contributed by atoms with Gasteiger partial charge in [-0.3, -0.25) is 14.9 Å². The van der Waals surface area contributed by atoms with Crippen molar-refractivity contribution < 1.29 is 19.9 Å². The van der Waals surface area contributed by atoms with E-state index in [0.29, 0.717) is 16.9 Å². The first-order valence-electron chi connectivity index (χ1n) is 7.35. The summed E-state index contributed by atoms with van der Waals surface area (Å²) >= 11 is 0. The van der Waals surface area contributed by atoms with Gasteiger partial charge in [-0.2, -0.15) is 5.10 Å². The molecule has 0 aliphatic carbocycles. The number of fused-ring (bicyclic) bond motifs is 1. The van der Waals surface area contributed by atoms with Crippen LogP contribution in [-0.2, 0) is 4.79 Å². The molecule has 126 valence electrons. The molecule has 3 N–H and O–H groups in total. The standard InChI is InChI=1S/C15H16N4O5/c1-7(2)18-14-9(6-16-18)12(13(19(23)24)15(22)17-14)8-3-4-10(20)11(21)5-8/h3-7,12-13,20-21H,1-2H3,(H,17,22). The fourth-order valence-electron chi connectivity index (χ4n) is 2.95. The number of nitro groups is 1. The number of benzene rings is 1. The average Bonchev–Trinajstić information content (AvgIpc) is 2.91. The Bertz CT molecular complexity index is 829. The van der Waals surface area contributed by atoms with Crippen LogP contribution in [0.5, 0.6) is 11.5 Å². The van der Waals surface area contributed by atoms with Crippen LogP contribution >= 0.6 is 0 Å². The van der Waals surface area contributed by atoms with Crippen LogP contribution in [0.15, 0.2) is 24.4 Å². The molecular weight excluding hydrogens is 316 g/mol. The van der Waals surface area contributed by atoms with E-state index in [4.69, 9.17) is 0 Å². The van der Waals surface area contributed by atoms with Crippen molar-refractivity contribution in [3.8, 4) is 11.5 Å². The Kier molecular flexibility index (Phi) is 3.63. The summed E-state index contributed by atoms with van der Waals surface area (Å²) in [5.41, 5.74) is 0.849. The second-order valence-corrected chi connectivity index (χ2v) is 5.93. The molecule has 0 spiro atoms. The molecule has 9 nitrogen and oxygen atoms in total. The lowest BCUT2D eigenvalue weighted by Gasteiger charge is -2.27. The Balaban J connectivity index is 2.21. The summed E-state index contributed by atoms with van der Waals surface area (Å²) in [7, 11) is 0. The highest BCUT2D eigenvalue weighted by molar-refractivity contribution is 5.98. The molecule has 2 atom stereocenters. The zero-order valence-corrected chi connectivity index (χ0v) is 13.0. The number of aromatic hydroxyl groups is 2. The van der Waals surface area contributed by atoms with Gasteiger partial charge in [-0.25, -0.2) is 4.68 Å². The van der Waals surface area contributed by atoms with Gasteiger partial charge in [-0.1, -0.05) is 6.07 Å². The van der Waals surface area contributed by atoms with Gasteiger partial charge in [0.25, 0.3) is 0 Å². The third-order valence-electron chi connectivity index (χ3n) is 4.06. The van der Waals surface area contributed by atoms with Gasteiger partial charge >= 0.3 is 11.9 Å². The maximum absolute atomic E-state index is 12.3. The van der Waals surface area contributed by atoms with E-state index in [-0.39, 0.29) is 11.8 Å². The normalized spacial score (nSPS) is 19.9. The van der Waals surface area contributed by atoms with Crippen molar-refractivity contribution in [3.63, 3.8) is 0 Å². The van der Waals surface area contributed by atoms with Crippen molar-refractivity contribution in [2.45, 2.75) is 31.8 Å². The molecule has 0 radical (unpaired) electrons. The zero-order valence-electron chi connectivity index (χ0n) is 13.0. The van der Waals surface area contributed by atoms with E-state index in [1.807, 2.05) is 13.8 Å². The molecule has 3 rings (SSSR count). The molecule has 0 saturated heterocycles. The fraction of sp³-hybridized carbons (Fsp3) is 0.333. The van der Waals surface area contributed by atoms with E-state index < -0.39 is 28.5 Å². The highest BCUT2D eigenvalue weighted by Gasteiger charge is 2.47. The lowest BCUT2D eigenvalue weighted by atomic mass is 9.83. The number of amides is 1. The Labute approximate surface area is 136 Å². The maximum atomic E-state index is 12.3. The van der Waals surface area contributed by atoms with Crippen molar-refractivity contribution in [2.24, 2.45) is 0 Å². The third kappa shape index (κ3) is 2.34. The number of nitrogens with one attached hydrogen (secondary N) is 1. The predicted molar refractivity (Wildman–Crippen MR) is 83.6 cm³/mol. The monoisotopic (exact) mass is 332 g/mol. The van der Waals surface area contributed by atoms with Crippen molar-refractivity contribution in [3.05, 3.63) is 45.6 Å². The van der Waals surface area contributed by atoms with Crippen LogP contribution in [0, 0.1) is 10.1 Å². The predicted octanol–water partition coefficient (Wildman–Crippen LogP) is 1.60. The number of anilines is 1. The number of phenols is 2. The molecule has 0 fully saturated rings. The van der Waals surface area contributed by atoms with Gasteiger partial charge in [-0.15, -0.1) is 0 Å². The van der Waals surface area contributed by atoms with E-state index in [1.54, 1.807) is 4.68 Å². The minimum Gasteiger partial charge on any atom is -0.504 e. The van der Waals surface area contributed by atoms with Gasteiger partial charge in [-0.05, 0) is 31.5 Å². The van der Waals surface area contributed by atoms with Crippen molar-refractivity contribution in [1.29, 1.82) is 0 Å².